The number of nitrogens with zero attached hydrogens (tertiary/aromatic N) is 4. The van der Waals surface area contributed by atoms with Gasteiger partial charge in [-0.25, -0.2) is 8.78 Å². The van der Waals surface area contributed by atoms with E-state index in [0.29, 0.717) is 28.1 Å². The minimum Gasteiger partial charge on any atom is -0.439 e. The van der Waals surface area contributed by atoms with Gasteiger partial charge in [0.15, 0.2) is 0 Å². The molecule has 4 heterocycles. The van der Waals surface area contributed by atoms with Gasteiger partial charge in [-0.05, 0) is 45.5 Å². The number of aromatic nitrogens is 4. The Hall–Kier alpha value is -4.41. The third-order valence-corrected chi connectivity index (χ3v) is 8.43. The molecular weight excluding hydrogens is 770 g/mol. The summed E-state index contributed by atoms with van der Waals surface area (Å²) in [6, 6.07) is 31.2. The van der Waals surface area contributed by atoms with Gasteiger partial charge in [-0.15, -0.1) is 18.2 Å². The van der Waals surface area contributed by atoms with Crippen LogP contribution in [0.2, 0.25) is 0 Å². The Kier molecular flexibility index (Phi) is 8.30. The van der Waals surface area contributed by atoms with E-state index in [2.05, 4.69) is 93.6 Å². The summed E-state index contributed by atoms with van der Waals surface area (Å²) < 4.78 is 31.1. The molecule has 238 valence electrons. The maximum Gasteiger partial charge on any atom is 2.00 e. The molecule has 47 heavy (non-hydrogen) atoms. The van der Waals surface area contributed by atoms with Gasteiger partial charge in [-0.2, -0.15) is 0 Å². The molecule has 0 aliphatic rings. The average Bonchev–Trinajstić information content (AvgIpc) is 3.63. The zero-order valence-corrected chi connectivity index (χ0v) is 29.4. The summed E-state index contributed by atoms with van der Waals surface area (Å²) in [5.41, 5.74) is 7.45. The first-order valence-corrected chi connectivity index (χ1v) is 15.4. The predicted octanol–water partition coefficient (Wildman–Crippen LogP) is 10.2. The van der Waals surface area contributed by atoms with E-state index in [1.165, 1.54) is 17.7 Å². The first kappa shape index (κ1) is 32.5. The number of fused-ring (bicyclic) bond motifs is 3. The third-order valence-electron chi connectivity index (χ3n) is 8.43. The molecule has 7 heteroatoms. The van der Waals surface area contributed by atoms with Crippen LogP contribution in [0.15, 0.2) is 97.2 Å². The zero-order chi connectivity index (χ0) is 32.4. The summed E-state index contributed by atoms with van der Waals surface area (Å²) >= 11 is 0. The van der Waals surface area contributed by atoms with Crippen molar-refractivity contribution < 1.29 is 29.8 Å². The van der Waals surface area contributed by atoms with Crippen LogP contribution >= 0.6 is 0 Å². The zero-order valence-electron chi connectivity index (χ0n) is 27.1. The summed E-state index contributed by atoms with van der Waals surface area (Å²) in [6.45, 7) is 13.1. The van der Waals surface area contributed by atoms with Crippen LogP contribution in [0.4, 0.5) is 8.78 Å². The minimum atomic E-state index is -0.640. The first-order valence-electron chi connectivity index (χ1n) is 15.4. The fraction of sp³-hybridized carbons (Fsp3) is 0.200. The van der Waals surface area contributed by atoms with Crippen LogP contribution in [0.5, 0.6) is 0 Å². The second-order valence-electron chi connectivity index (χ2n) is 13.9. The maximum absolute atomic E-state index is 15.1. The summed E-state index contributed by atoms with van der Waals surface area (Å²) in [4.78, 5) is 14.8. The molecule has 0 unspecified atom stereocenters. The van der Waals surface area contributed by atoms with E-state index in [9.17, 15) is 4.39 Å². The molecule has 0 aliphatic carbocycles. The predicted molar refractivity (Wildman–Crippen MR) is 182 cm³/mol. The van der Waals surface area contributed by atoms with Crippen LogP contribution in [0.3, 0.4) is 0 Å². The van der Waals surface area contributed by atoms with Crippen molar-refractivity contribution >= 4 is 21.9 Å². The van der Waals surface area contributed by atoms with Crippen LogP contribution < -0.4 is 4.98 Å². The molecule has 0 spiro atoms. The smallest absolute Gasteiger partial charge is 0.439 e. The van der Waals surface area contributed by atoms with E-state index in [0.717, 1.165) is 39.5 Å². The molecule has 0 N–H and O–H groups in total. The summed E-state index contributed by atoms with van der Waals surface area (Å²) in [5, 5.41) is 2.11. The molecule has 0 fully saturated rings. The second kappa shape index (κ2) is 12.0. The van der Waals surface area contributed by atoms with Crippen LogP contribution in [0, 0.1) is 17.7 Å². The van der Waals surface area contributed by atoms with Crippen molar-refractivity contribution in [2.75, 3.05) is 0 Å². The van der Waals surface area contributed by atoms with Gasteiger partial charge < -0.3 is 9.55 Å². The number of pyridine rings is 2. The molecule has 0 saturated heterocycles. The molecule has 0 radical (unpaired) electrons. The van der Waals surface area contributed by atoms with E-state index < -0.39 is 11.6 Å². The number of benzene rings is 3. The van der Waals surface area contributed by atoms with Gasteiger partial charge in [0.2, 0.25) is 0 Å². The van der Waals surface area contributed by atoms with E-state index >= 15 is 4.39 Å². The van der Waals surface area contributed by atoms with Crippen LogP contribution in [0.25, 0.3) is 61.4 Å². The second-order valence-corrected chi connectivity index (χ2v) is 13.9. The largest absolute Gasteiger partial charge is 2.00 e. The summed E-state index contributed by atoms with van der Waals surface area (Å²) in [7, 11) is 0. The van der Waals surface area contributed by atoms with Gasteiger partial charge in [-0.1, -0.05) is 124 Å². The first-order chi connectivity index (χ1) is 21.9. The molecular formula is C40H34F2N4Pt. The summed E-state index contributed by atoms with van der Waals surface area (Å²) in [6.07, 6.45) is 1.71. The van der Waals surface area contributed by atoms with Crippen LogP contribution in [0.1, 0.15) is 52.8 Å². The Morgan fingerprint density at radius 3 is 2.15 bits per heavy atom. The van der Waals surface area contributed by atoms with E-state index in [1.807, 2.05) is 36.4 Å². The molecule has 0 aliphatic heterocycles. The van der Waals surface area contributed by atoms with Gasteiger partial charge >= 0.3 is 21.1 Å². The molecule has 7 aromatic rings. The monoisotopic (exact) mass is 803 g/mol. The molecule has 4 aromatic heterocycles. The molecule has 0 bridgehead atoms. The average molecular weight is 804 g/mol. The van der Waals surface area contributed by atoms with Gasteiger partial charge in [0, 0.05) is 34.6 Å². The van der Waals surface area contributed by atoms with E-state index in [1.54, 1.807) is 6.20 Å². The SMILES string of the molecule is CC(C)(C)c1ccc2c(c1)c1ccc(-c3[c-]c(-c4ccccn4)cc(-c4ccc(F)cc4F)c3)nc1n2-c1ccc(C(C)(C)C)[n-]1.[Pt+2]. The van der Waals surface area contributed by atoms with Gasteiger partial charge in [0.25, 0.3) is 0 Å². The quantitative estimate of drug-likeness (QED) is 0.167. The van der Waals surface area contributed by atoms with Crippen molar-refractivity contribution in [3.05, 3.63) is 126 Å². The number of halogens is 2. The Bertz CT molecular complexity index is 2250. The van der Waals surface area contributed by atoms with Gasteiger partial charge in [0.05, 0.1) is 5.65 Å². The van der Waals surface area contributed by atoms with Crippen LogP contribution in [-0.2, 0) is 31.9 Å². The van der Waals surface area contributed by atoms with Crippen molar-refractivity contribution in [2.24, 2.45) is 0 Å². The van der Waals surface area contributed by atoms with Gasteiger partial charge in [0.1, 0.15) is 11.6 Å². The van der Waals surface area contributed by atoms with Crippen molar-refractivity contribution in [3.8, 4) is 39.5 Å². The Morgan fingerprint density at radius 1 is 0.723 bits per heavy atom. The van der Waals surface area contributed by atoms with Gasteiger partial charge in [-0.3, -0.25) is 9.97 Å². The molecule has 0 saturated carbocycles. The van der Waals surface area contributed by atoms with Crippen molar-refractivity contribution in [2.45, 2.75) is 52.4 Å². The minimum absolute atomic E-state index is 0. The molecule has 0 amide bonds. The molecule has 7 rings (SSSR count). The van der Waals surface area contributed by atoms with Crippen molar-refractivity contribution in [1.82, 2.24) is 19.5 Å². The number of hydrogen-bond acceptors (Lipinski definition) is 2. The van der Waals surface area contributed by atoms with Crippen molar-refractivity contribution in [3.63, 3.8) is 0 Å². The Labute approximate surface area is 288 Å². The Morgan fingerprint density at radius 2 is 1.49 bits per heavy atom. The van der Waals surface area contributed by atoms with Crippen LogP contribution in [-0.4, -0.2) is 14.5 Å². The molecule has 3 aromatic carbocycles. The third kappa shape index (κ3) is 6.07. The topological polar surface area (TPSA) is 44.8 Å². The normalized spacial score (nSPS) is 12.1. The molecule has 4 nitrogen and oxygen atoms in total. The fourth-order valence-electron chi connectivity index (χ4n) is 5.88. The maximum atomic E-state index is 15.1. The number of hydrogen-bond donors (Lipinski definition) is 0. The van der Waals surface area contributed by atoms with E-state index in [-0.39, 0.29) is 37.5 Å². The Balaban J connectivity index is 0.00000386. The standard InChI is InChI=1S/C40H34F2N4.Pt/c1-39(2,3)27-10-15-35-31(22-27)30-13-14-34(44-38(30)46(35)37-17-16-36(45-37)40(4,5)6)26-20-24(29-12-11-28(41)23-32(29)42)19-25(21-26)33-9-7-8-18-43-33;/h7-20,22-23H,1-6H3;/q-2;+2. The fourth-order valence-corrected chi connectivity index (χ4v) is 5.88. The molecule has 0 atom stereocenters. The summed E-state index contributed by atoms with van der Waals surface area (Å²) in [5.74, 6) is -0.461. The number of rotatable bonds is 4. The van der Waals surface area contributed by atoms with E-state index in [4.69, 9.17) is 9.97 Å². The van der Waals surface area contributed by atoms with Crippen molar-refractivity contribution in [1.29, 1.82) is 0 Å².